The van der Waals surface area contributed by atoms with Gasteiger partial charge in [-0.15, -0.1) is 10.2 Å². The molecule has 2 fully saturated rings. The van der Waals surface area contributed by atoms with E-state index in [0.29, 0.717) is 57.1 Å². The molecule has 290 valence electrons. The summed E-state index contributed by atoms with van der Waals surface area (Å²) in [5.41, 5.74) is 4.71. The van der Waals surface area contributed by atoms with E-state index in [1.807, 2.05) is 45.0 Å². The van der Waals surface area contributed by atoms with E-state index in [-0.39, 0.29) is 30.1 Å². The van der Waals surface area contributed by atoms with Gasteiger partial charge < -0.3 is 35.6 Å². The first-order valence-corrected chi connectivity index (χ1v) is 18.7. The van der Waals surface area contributed by atoms with Gasteiger partial charge in [-0.25, -0.2) is 9.59 Å². The quantitative estimate of drug-likeness (QED) is 0.134. The van der Waals surface area contributed by atoms with Crippen molar-refractivity contribution >= 4 is 35.4 Å². The molecule has 0 bridgehead atoms. The first kappa shape index (κ1) is 38.7. The number of piperazine rings is 1. The highest BCUT2D eigenvalue weighted by molar-refractivity contribution is 5.97. The Morgan fingerprint density at radius 3 is 2.05 bits per heavy atom. The molecule has 1 aliphatic carbocycles. The molecule has 55 heavy (non-hydrogen) atoms. The molecule has 3 aromatic carbocycles. The number of alkyl carbamates (subject to hydrolysis) is 1. The summed E-state index contributed by atoms with van der Waals surface area (Å²) in [7, 11) is 0. The number of hydrogen-bond acceptors (Lipinski definition) is 9. The summed E-state index contributed by atoms with van der Waals surface area (Å²) in [5, 5.41) is 32.1. The number of anilines is 2. The molecule has 1 saturated carbocycles. The van der Waals surface area contributed by atoms with Crippen molar-refractivity contribution in [1.29, 1.82) is 0 Å². The number of carbonyl (C=O) groups is 4. The number of ether oxygens (including phenoxy) is 1. The van der Waals surface area contributed by atoms with Gasteiger partial charge in [0, 0.05) is 62.0 Å². The Labute approximate surface area is 320 Å². The fourth-order valence-electron chi connectivity index (χ4n) is 6.98. The van der Waals surface area contributed by atoms with Crippen molar-refractivity contribution < 1.29 is 29.0 Å². The molecule has 1 aromatic heterocycles. The molecule has 4 aromatic rings. The zero-order valence-corrected chi connectivity index (χ0v) is 31.5. The van der Waals surface area contributed by atoms with E-state index in [9.17, 15) is 24.3 Å². The number of H-pyrrole nitrogens is 1. The second-order valence-corrected chi connectivity index (χ2v) is 15.2. The van der Waals surface area contributed by atoms with Gasteiger partial charge in [-0.2, -0.15) is 5.21 Å². The van der Waals surface area contributed by atoms with Crippen molar-refractivity contribution in [3.05, 3.63) is 78.4 Å². The molecule has 15 nitrogen and oxygen atoms in total. The molecule has 2 heterocycles. The fourth-order valence-corrected chi connectivity index (χ4v) is 6.98. The topological polar surface area (TPSA) is 195 Å². The maximum atomic E-state index is 13.8. The highest BCUT2D eigenvalue weighted by atomic mass is 16.6. The summed E-state index contributed by atoms with van der Waals surface area (Å²) in [6, 6.07) is 22.4. The van der Waals surface area contributed by atoms with Gasteiger partial charge in [-0.05, 0) is 111 Å². The normalized spacial score (nSPS) is 17.9. The minimum absolute atomic E-state index is 0.160. The number of tetrazole rings is 1. The fraction of sp³-hybridized carbons (Fsp3) is 0.425. The number of aromatic amines is 1. The van der Waals surface area contributed by atoms with Crippen LogP contribution in [-0.4, -0.2) is 99.0 Å². The number of hydrogen-bond donors (Lipinski definition) is 5. The molecule has 0 unspecified atom stereocenters. The Kier molecular flexibility index (Phi) is 12.3. The van der Waals surface area contributed by atoms with Gasteiger partial charge in [0.15, 0.2) is 0 Å². The monoisotopic (exact) mass is 751 g/mol. The van der Waals surface area contributed by atoms with E-state index >= 15 is 0 Å². The Balaban J connectivity index is 1.08. The van der Waals surface area contributed by atoms with Crippen LogP contribution in [0, 0.1) is 11.8 Å². The van der Waals surface area contributed by atoms with Crippen molar-refractivity contribution in [2.45, 2.75) is 64.5 Å². The molecular weight excluding hydrogens is 702 g/mol. The van der Waals surface area contributed by atoms with Crippen LogP contribution < -0.4 is 20.9 Å². The number of nitrogens with zero attached hydrogens (tertiary/aromatic N) is 5. The van der Waals surface area contributed by atoms with Crippen molar-refractivity contribution in [2.75, 3.05) is 42.9 Å². The molecule has 0 spiro atoms. The average molecular weight is 752 g/mol. The van der Waals surface area contributed by atoms with E-state index in [1.54, 1.807) is 24.3 Å². The standard InChI is InChI=1S/C40H49N9O6/c1-40(2,3)55-38(52)41-25-27-6-10-31(11-7-27)36(50)43-34(37(51)42-32-16-12-30(13-17-32)35-44-46-47-45-35)24-26-4-8-28(9-5-26)29-14-18-33(19-15-29)48-20-22-49(23-21-48)39(53)54/h4-5,8-9,12-19,27,31,34H,6-7,10-11,20-25H2,1-3H3,(H,41,52)(H,42,51)(H,43,50)(H,53,54)(H,44,45,46,47)/t27?,31?,34-/m0/s1. The Morgan fingerprint density at radius 2 is 1.47 bits per heavy atom. The third-order valence-corrected chi connectivity index (χ3v) is 10.1. The molecule has 0 radical (unpaired) electrons. The summed E-state index contributed by atoms with van der Waals surface area (Å²) < 4.78 is 5.35. The predicted octanol–water partition coefficient (Wildman–Crippen LogP) is 5.33. The van der Waals surface area contributed by atoms with E-state index in [4.69, 9.17) is 4.74 Å². The summed E-state index contributed by atoms with van der Waals surface area (Å²) in [4.78, 5) is 54.5. The molecular formula is C40H49N9O6. The number of carbonyl (C=O) groups excluding carboxylic acids is 3. The summed E-state index contributed by atoms with van der Waals surface area (Å²) in [6.45, 7) is 8.20. The van der Waals surface area contributed by atoms with Crippen LogP contribution in [0.15, 0.2) is 72.8 Å². The molecule has 15 heteroatoms. The van der Waals surface area contributed by atoms with Gasteiger partial charge in [0.2, 0.25) is 17.6 Å². The van der Waals surface area contributed by atoms with Gasteiger partial charge in [0.1, 0.15) is 11.6 Å². The minimum atomic E-state index is -0.884. The van der Waals surface area contributed by atoms with Gasteiger partial charge in [0.25, 0.3) is 0 Å². The van der Waals surface area contributed by atoms with Crippen molar-refractivity contribution in [1.82, 2.24) is 36.2 Å². The zero-order valence-electron chi connectivity index (χ0n) is 31.5. The van der Waals surface area contributed by atoms with Crippen LogP contribution in [0.2, 0.25) is 0 Å². The third-order valence-electron chi connectivity index (χ3n) is 10.1. The first-order chi connectivity index (χ1) is 26.4. The van der Waals surface area contributed by atoms with Crippen LogP contribution in [0.3, 0.4) is 0 Å². The third kappa shape index (κ3) is 10.8. The first-order valence-electron chi connectivity index (χ1n) is 18.7. The smallest absolute Gasteiger partial charge is 0.407 e. The summed E-state index contributed by atoms with van der Waals surface area (Å²) in [6.07, 6.45) is 1.83. The van der Waals surface area contributed by atoms with Gasteiger partial charge in [-0.1, -0.05) is 36.4 Å². The van der Waals surface area contributed by atoms with Crippen molar-refractivity contribution in [3.63, 3.8) is 0 Å². The van der Waals surface area contributed by atoms with Crippen LogP contribution in [0.1, 0.15) is 52.0 Å². The van der Waals surface area contributed by atoms with Gasteiger partial charge in [0.05, 0.1) is 0 Å². The van der Waals surface area contributed by atoms with Crippen LogP contribution in [-0.2, 0) is 20.7 Å². The van der Waals surface area contributed by atoms with E-state index < -0.39 is 23.8 Å². The zero-order chi connectivity index (χ0) is 39.0. The molecule has 1 saturated heterocycles. The lowest BCUT2D eigenvalue weighted by atomic mass is 9.81. The second-order valence-electron chi connectivity index (χ2n) is 15.2. The second kappa shape index (κ2) is 17.4. The number of amides is 4. The van der Waals surface area contributed by atoms with Crippen molar-refractivity contribution in [2.24, 2.45) is 11.8 Å². The molecule has 1 aliphatic heterocycles. The van der Waals surface area contributed by atoms with Crippen LogP contribution >= 0.6 is 0 Å². The van der Waals surface area contributed by atoms with Crippen LogP contribution in [0.5, 0.6) is 0 Å². The lowest BCUT2D eigenvalue weighted by Crippen LogP contribution is -2.48. The number of nitrogens with one attached hydrogen (secondary N) is 4. The SMILES string of the molecule is CC(C)(C)OC(=O)NCC1CCC(C(=O)N[C@@H](Cc2ccc(-c3ccc(N4CCN(C(=O)O)CC4)cc3)cc2)C(=O)Nc2ccc(-c3nn[nH]n3)cc2)CC1. The summed E-state index contributed by atoms with van der Waals surface area (Å²) in [5.74, 6) is -0.0511. The predicted molar refractivity (Wildman–Crippen MR) is 207 cm³/mol. The Hall–Kier alpha value is -5.99. The van der Waals surface area contributed by atoms with Gasteiger partial charge >= 0.3 is 12.2 Å². The number of benzene rings is 3. The van der Waals surface area contributed by atoms with Crippen molar-refractivity contribution in [3.8, 4) is 22.5 Å². The van der Waals surface area contributed by atoms with Gasteiger partial charge in [-0.3, -0.25) is 9.59 Å². The Morgan fingerprint density at radius 1 is 0.855 bits per heavy atom. The lowest BCUT2D eigenvalue weighted by Gasteiger charge is -2.34. The maximum Gasteiger partial charge on any atom is 0.407 e. The largest absolute Gasteiger partial charge is 0.465 e. The molecule has 2 aliphatic rings. The number of carboxylic acid groups (broad SMARTS) is 1. The Bertz CT molecular complexity index is 1900. The average Bonchev–Trinajstić information content (AvgIpc) is 3.72. The van der Waals surface area contributed by atoms with E-state index in [0.717, 1.165) is 40.8 Å². The molecule has 5 N–H and O–H groups in total. The highest BCUT2D eigenvalue weighted by Gasteiger charge is 2.30. The number of aromatic nitrogens is 4. The lowest BCUT2D eigenvalue weighted by molar-refractivity contribution is -0.130. The summed E-state index contributed by atoms with van der Waals surface area (Å²) >= 11 is 0. The molecule has 6 rings (SSSR count). The van der Waals surface area contributed by atoms with Crippen LogP contribution in [0.4, 0.5) is 21.0 Å². The van der Waals surface area contributed by atoms with E-state index in [2.05, 4.69) is 65.7 Å². The molecule has 4 amide bonds. The number of rotatable bonds is 11. The highest BCUT2D eigenvalue weighted by Crippen LogP contribution is 2.29. The molecule has 1 atom stereocenters. The van der Waals surface area contributed by atoms with Crippen LogP contribution in [0.25, 0.3) is 22.5 Å². The maximum absolute atomic E-state index is 13.8. The van der Waals surface area contributed by atoms with E-state index in [1.165, 1.54) is 4.90 Å². The minimum Gasteiger partial charge on any atom is -0.465 e.